The van der Waals surface area contributed by atoms with E-state index in [0.717, 1.165) is 6.42 Å². The average Bonchev–Trinajstić information content (AvgIpc) is 3.03. The molecule has 1 atom stereocenters. The number of rotatable bonds is 3. The summed E-state index contributed by atoms with van der Waals surface area (Å²) >= 11 is 1.74. The number of carbonyl (C=O) groups excluding carboxylic acids is 1. The maximum atomic E-state index is 12.4. The maximum Gasteiger partial charge on any atom is 0.270 e. The van der Waals surface area contributed by atoms with Crippen molar-refractivity contribution in [1.82, 2.24) is 4.90 Å². The Bertz CT molecular complexity index is 782. The van der Waals surface area contributed by atoms with Crippen LogP contribution in [0, 0.1) is 10.1 Å². The Morgan fingerprint density at radius 1 is 1.43 bits per heavy atom. The molecular formula is C17H16N2O3S. The number of thiophene rings is 1. The van der Waals surface area contributed by atoms with Crippen molar-refractivity contribution < 1.29 is 9.72 Å². The van der Waals surface area contributed by atoms with E-state index >= 15 is 0 Å². The van der Waals surface area contributed by atoms with Crippen molar-refractivity contribution in [2.24, 2.45) is 0 Å². The lowest BCUT2D eigenvalue weighted by Crippen LogP contribution is -2.37. The Balaban J connectivity index is 1.75. The third-order valence-electron chi connectivity index (χ3n) is 4.06. The van der Waals surface area contributed by atoms with Gasteiger partial charge in [-0.05, 0) is 42.0 Å². The van der Waals surface area contributed by atoms with Gasteiger partial charge in [0.1, 0.15) is 0 Å². The van der Waals surface area contributed by atoms with Gasteiger partial charge < -0.3 is 4.90 Å². The lowest BCUT2D eigenvalue weighted by Gasteiger charge is -2.32. The van der Waals surface area contributed by atoms with Gasteiger partial charge in [0, 0.05) is 29.6 Å². The molecule has 0 bridgehead atoms. The van der Waals surface area contributed by atoms with Crippen LogP contribution in [0.15, 0.2) is 41.8 Å². The monoisotopic (exact) mass is 328 g/mol. The predicted octanol–water partition coefficient (Wildman–Crippen LogP) is 3.82. The van der Waals surface area contributed by atoms with Crippen LogP contribution in [0.2, 0.25) is 0 Å². The molecule has 0 aliphatic carbocycles. The number of benzene rings is 1. The molecule has 2 heterocycles. The minimum atomic E-state index is -0.441. The van der Waals surface area contributed by atoms with Crippen LogP contribution in [0.25, 0.3) is 6.08 Å². The van der Waals surface area contributed by atoms with Crippen LogP contribution in [-0.2, 0) is 11.2 Å². The minimum absolute atomic E-state index is 0.0221. The largest absolute Gasteiger partial charge is 0.332 e. The first-order valence-corrected chi connectivity index (χ1v) is 8.23. The topological polar surface area (TPSA) is 63.5 Å². The normalized spacial score (nSPS) is 17.3. The smallest absolute Gasteiger partial charge is 0.270 e. The SMILES string of the molecule is CC1c2ccsc2CCN1C(=O)C=Cc1cccc([N+](=O)[O-])c1. The average molecular weight is 328 g/mol. The van der Waals surface area contributed by atoms with E-state index in [4.69, 9.17) is 0 Å². The van der Waals surface area contributed by atoms with E-state index in [1.807, 2.05) is 11.8 Å². The summed E-state index contributed by atoms with van der Waals surface area (Å²) < 4.78 is 0. The number of nitro benzene ring substituents is 1. The van der Waals surface area contributed by atoms with E-state index in [0.29, 0.717) is 12.1 Å². The highest BCUT2D eigenvalue weighted by atomic mass is 32.1. The molecule has 0 saturated carbocycles. The second-order valence-corrected chi connectivity index (χ2v) is 6.44. The molecule has 1 amide bonds. The zero-order valence-corrected chi connectivity index (χ0v) is 13.5. The summed E-state index contributed by atoms with van der Waals surface area (Å²) in [4.78, 5) is 26.0. The van der Waals surface area contributed by atoms with Gasteiger partial charge in [-0.1, -0.05) is 12.1 Å². The van der Waals surface area contributed by atoms with Crippen molar-refractivity contribution in [2.45, 2.75) is 19.4 Å². The van der Waals surface area contributed by atoms with Gasteiger partial charge in [0.15, 0.2) is 0 Å². The molecule has 0 spiro atoms. The van der Waals surface area contributed by atoms with Gasteiger partial charge in [0.05, 0.1) is 11.0 Å². The third-order valence-corrected chi connectivity index (χ3v) is 5.06. The number of nitro groups is 1. The summed E-state index contributed by atoms with van der Waals surface area (Å²) in [5.41, 5.74) is 1.89. The first kappa shape index (κ1) is 15.4. The van der Waals surface area contributed by atoms with Crippen molar-refractivity contribution in [3.05, 3.63) is 67.9 Å². The second kappa shape index (κ2) is 6.34. The molecule has 0 radical (unpaired) electrons. The van der Waals surface area contributed by atoms with Crippen LogP contribution < -0.4 is 0 Å². The third kappa shape index (κ3) is 3.17. The van der Waals surface area contributed by atoms with Crippen LogP contribution in [0.1, 0.15) is 29.0 Å². The molecule has 1 aliphatic rings. The minimum Gasteiger partial charge on any atom is -0.332 e. The molecule has 0 fully saturated rings. The molecule has 6 heteroatoms. The van der Waals surface area contributed by atoms with E-state index in [9.17, 15) is 14.9 Å². The molecule has 118 valence electrons. The highest BCUT2D eigenvalue weighted by Crippen LogP contribution is 2.32. The zero-order valence-electron chi connectivity index (χ0n) is 12.6. The predicted molar refractivity (Wildman–Crippen MR) is 90.3 cm³/mol. The summed E-state index contributed by atoms with van der Waals surface area (Å²) in [5.74, 6) is -0.0687. The summed E-state index contributed by atoms with van der Waals surface area (Å²) in [6.07, 6.45) is 4.01. The highest BCUT2D eigenvalue weighted by molar-refractivity contribution is 7.10. The first-order chi connectivity index (χ1) is 11.1. The molecule has 3 rings (SSSR count). The molecule has 23 heavy (non-hydrogen) atoms. The summed E-state index contributed by atoms with van der Waals surface area (Å²) in [6.45, 7) is 2.73. The molecule has 0 N–H and O–H groups in total. The Morgan fingerprint density at radius 2 is 2.26 bits per heavy atom. The van der Waals surface area contributed by atoms with E-state index in [2.05, 4.69) is 11.4 Å². The van der Waals surface area contributed by atoms with E-state index < -0.39 is 4.92 Å². The zero-order chi connectivity index (χ0) is 16.4. The quantitative estimate of drug-likeness (QED) is 0.489. The number of non-ortho nitro benzene ring substituents is 1. The summed E-state index contributed by atoms with van der Waals surface area (Å²) in [5, 5.41) is 12.8. The molecule has 1 aliphatic heterocycles. The Morgan fingerprint density at radius 3 is 3.04 bits per heavy atom. The van der Waals surface area contributed by atoms with E-state index in [1.54, 1.807) is 29.5 Å². The highest BCUT2D eigenvalue weighted by Gasteiger charge is 2.26. The fourth-order valence-corrected chi connectivity index (χ4v) is 3.78. The molecular weight excluding hydrogens is 312 g/mol. The first-order valence-electron chi connectivity index (χ1n) is 7.35. The lowest BCUT2D eigenvalue weighted by molar-refractivity contribution is -0.384. The van der Waals surface area contributed by atoms with Gasteiger partial charge in [-0.3, -0.25) is 14.9 Å². The van der Waals surface area contributed by atoms with Crippen molar-refractivity contribution >= 4 is 29.0 Å². The van der Waals surface area contributed by atoms with E-state index in [1.165, 1.54) is 28.6 Å². The molecule has 1 unspecified atom stereocenters. The number of fused-ring (bicyclic) bond motifs is 1. The maximum absolute atomic E-state index is 12.4. The molecule has 2 aromatic rings. The van der Waals surface area contributed by atoms with E-state index in [-0.39, 0.29) is 17.6 Å². The van der Waals surface area contributed by atoms with Crippen LogP contribution in [0.3, 0.4) is 0 Å². The Kier molecular flexibility index (Phi) is 4.25. The fourth-order valence-electron chi connectivity index (χ4n) is 2.82. The fraction of sp³-hybridized carbons (Fsp3) is 0.235. The van der Waals surface area contributed by atoms with Gasteiger partial charge in [0.2, 0.25) is 5.91 Å². The van der Waals surface area contributed by atoms with Gasteiger partial charge in [-0.15, -0.1) is 11.3 Å². The Labute approximate surface area is 138 Å². The molecule has 0 saturated heterocycles. The summed E-state index contributed by atoms with van der Waals surface area (Å²) in [7, 11) is 0. The van der Waals surface area contributed by atoms with Crippen LogP contribution in [0.4, 0.5) is 5.69 Å². The number of hydrogen-bond donors (Lipinski definition) is 0. The Hall–Kier alpha value is -2.47. The number of hydrogen-bond acceptors (Lipinski definition) is 4. The van der Waals surface area contributed by atoms with Gasteiger partial charge in [0.25, 0.3) is 5.69 Å². The van der Waals surface area contributed by atoms with Crippen molar-refractivity contribution in [3.8, 4) is 0 Å². The van der Waals surface area contributed by atoms with Gasteiger partial charge in [-0.25, -0.2) is 0 Å². The van der Waals surface area contributed by atoms with Crippen molar-refractivity contribution in [1.29, 1.82) is 0 Å². The van der Waals surface area contributed by atoms with Crippen LogP contribution in [-0.4, -0.2) is 22.3 Å². The number of carbonyl (C=O) groups is 1. The lowest BCUT2D eigenvalue weighted by atomic mass is 10.0. The van der Waals surface area contributed by atoms with Gasteiger partial charge >= 0.3 is 0 Å². The van der Waals surface area contributed by atoms with Crippen LogP contribution >= 0.6 is 11.3 Å². The van der Waals surface area contributed by atoms with Gasteiger partial charge in [-0.2, -0.15) is 0 Å². The summed E-state index contributed by atoms with van der Waals surface area (Å²) in [6, 6.07) is 8.39. The van der Waals surface area contributed by atoms with Crippen molar-refractivity contribution in [3.63, 3.8) is 0 Å². The molecule has 5 nitrogen and oxygen atoms in total. The molecule has 1 aromatic heterocycles. The molecule has 1 aromatic carbocycles. The number of nitrogens with zero attached hydrogens (tertiary/aromatic N) is 2. The van der Waals surface area contributed by atoms with Crippen molar-refractivity contribution in [2.75, 3.05) is 6.54 Å². The standard InChI is InChI=1S/C17H16N2O3S/c1-12-15-8-10-23-16(15)7-9-18(12)17(20)6-5-13-3-2-4-14(11-13)19(21)22/h2-6,8,10-12H,7,9H2,1H3. The number of amides is 1. The van der Waals surface area contributed by atoms with Crippen LogP contribution in [0.5, 0.6) is 0 Å². The second-order valence-electron chi connectivity index (χ2n) is 5.44.